The SMILES string of the molecule is C[C@@H](O)[C@H]1C(=O)N2C(C(=O)O)=C(C3CCCO3)S[C@H]12. The van der Waals surface area contributed by atoms with Crippen LogP contribution in [0.2, 0.25) is 0 Å². The minimum Gasteiger partial charge on any atom is -0.477 e. The molecule has 0 aliphatic carbocycles. The number of fused-ring (bicyclic) bond motifs is 1. The molecule has 0 saturated carbocycles. The zero-order valence-electron chi connectivity index (χ0n) is 10.4. The number of hydrogen-bond acceptors (Lipinski definition) is 5. The van der Waals surface area contributed by atoms with E-state index in [9.17, 15) is 19.8 Å². The van der Waals surface area contributed by atoms with Crippen LogP contribution in [0.25, 0.3) is 0 Å². The van der Waals surface area contributed by atoms with Crippen LogP contribution in [-0.4, -0.2) is 51.2 Å². The highest BCUT2D eigenvalue weighted by Crippen LogP contribution is 2.52. The summed E-state index contributed by atoms with van der Waals surface area (Å²) in [5, 5.41) is 18.6. The van der Waals surface area contributed by atoms with Crippen molar-refractivity contribution >= 4 is 23.6 Å². The zero-order valence-corrected chi connectivity index (χ0v) is 11.2. The van der Waals surface area contributed by atoms with Gasteiger partial charge in [0.05, 0.1) is 18.1 Å². The van der Waals surface area contributed by atoms with E-state index < -0.39 is 18.0 Å². The molecule has 3 aliphatic rings. The van der Waals surface area contributed by atoms with Crippen molar-refractivity contribution in [3.8, 4) is 0 Å². The van der Waals surface area contributed by atoms with Crippen molar-refractivity contribution in [3.05, 3.63) is 10.6 Å². The van der Waals surface area contributed by atoms with Crippen LogP contribution in [0.5, 0.6) is 0 Å². The summed E-state index contributed by atoms with van der Waals surface area (Å²) in [6, 6.07) is 0. The quantitative estimate of drug-likeness (QED) is 0.729. The fourth-order valence-electron chi connectivity index (χ4n) is 2.82. The Hall–Kier alpha value is -1.05. The first-order valence-electron chi connectivity index (χ1n) is 6.29. The Balaban J connectivity index is 1.91. The number of amides is 1. The highest BCUT2D eigenvalue weighted by molar-refractivity contribution is 8.04. The summed E-state index contributed by atoms with van der Waals surface area (Å²) in [6.45, 7) is 2.19. The second-order valence-electron chi connectivity index (χ2n) is 5.00. The van der Waals surface area contributed by atoms with Gasteiger partial charge in [0.15, 0.2) is 0 Å². The van der Waals surface area contributed by atoms with Crippen molar-refractivity contribution in [1.82, 2.24) is 4.90 Å². The second kappa shape index (κ2) is 4.50. The fourth-order valence-corrected chi connectivity index (χ4v) is 4.52. The van der Waals surface area contributed by atoms with Crippen molar-refractivity contribution < 1.29 is 24.5 Å². The van der Waals surface area contributed by atoms with E-state index in [0.717, 1.165) is 12.8 Å². The lowest BCUT2D eigenvalue weighted by atomic mass is 9.92. The van der Waals surface area contributed by atoms with Gasteiger partial charge in [0.2, 0.25) is 5.91 Å². The number of carboxylic acid groups (broad SMARTS) is 1. The number of carboxylic acids is 1. The van der Waals surface area contributed by atoms with Gasteiger partial charge in [-0.1, -0.05) is 11.8 Å². The number of aliphatic hydroxyl groups is 1. The summed E-state index contributed by atoms with van der Waals surface area (Å²) in [7, 11) is 0. The lowest BCUT2D eigenvalue weighted by Crippen LogP contribution is -2.60. The predicted octanol–water partition coefficient (Wildman–Crippen LogP) is 0.374. The number of thioether (sulfide) groups is 1. The van der Waals surface area contributed by atoms with E-state index in [1.165, 1.54) is 16.7 Å². The maximum atomic E-state index is 12.0. The average molecular weight is 285 g/mol. The molecule has 2 N–H and O–H groups in total. The van der Waals surface area contributed by atoms with Gasteiger partial charge < -0.3 is 14.9 Å². The van der Waals surface area contributed by atoms with E-state index in [1.54, 1.807) is 6.92 Å². The molecule has 1 amide bonds. The predicted molar refractivity (Wildman–Crippen MR) is 67.0 cm³/mol. The number of aliphatic carboxylic acids is 1. The summed E-state index contributed by atoms with van der Waals surface area (Å²) in [4.78, 5) is 25.3. The van der Waals surface area contributed by atoms with Gasteiger partial charge in [-0.3, -0.25) is 9.69 Å². The van der Waals surface area contributed by atoms with E-state index in [2.05, 4.69) is 0 Å². The highest BCUT2D eigenvalue weighted by Gasteiger charge is 2.58. The Morgan fingerprint density at radius 1 is 1.58 bits per heavy atom. The van der Waals surface area contributed by atoms with Crippen molar-refractivity contribution in [2.45, 2.75) is 37.3 Å². The molecule has 2 fully saturated rings. The number of carbonyl (C=O) groups is 2. The minimum absolute atomic E-state index is 0.0452. The Morgan fingerprint density at radius 2 is 2.32 bits per heavy atom. The van der Waals surface area contributed by atoms with Crippen molar-refractivity contribution in [3.63, 3.8) is 0 Å². The number of aliphatic hydroxyl groups excluding tert-OH is 1. The Labute approximate surface area is 114 Å². The van der Waals surface area contributed by atoms with Gasteiger partial charge in [-0.05, 0) is 19.8 Å². The minimum atomic E-state index is -1.10. The number of hydrogen-bond donors (Lipinski definition) is 2. The van der Waals surface area contributed by atoms with E-state index in [-0.39, 0.29) is 23.1 Å². The molecular formula is C12H15NO5S. The third kappa shape index (κ3) is 1.79. The molecule has 19 heavy (non-hydrogen) atoms. The summed E-state index contributed by atoms with van der Waals surface area (Å²) < 4.78 is 5.53. The van der Waals surface area contributed by atoms with Crippen molar-refractivity contribution in [2.75, 3.05) is 6.61 Å². The molecule has 104 valence electrons. The average Bonchev–Trinajstić information content (AvgIpc) is 2.92. The molecule has 1 unspecified atom stereocenters. The van der Waals surface area contributed by atoms with Crippen LogP contribution >= 0.6 is 11.8 Å². The molecular weight excluding hydrogens is 270 g/mol. The van der Waals surface area contributed by atoms with Gasteiger partial charge in [-0.25, -0.2) is 4.79 Å². The maximum Gasteiger partial charge on any atom is 0.353 e. The molecule has 3 heterocycles. The first kappa shape index (κ1) is 13.0. The third-order valence-corrected chi connectivity index (χ3v) is 5.21. The molecule has 0 aromatic heterocycles. The highest BCUT2D eigenvalue weighted by atomic mass is 32.2. The Morgan fingerprint density at radius 3 is 2.84 bits per heavy atom. The van der Waals surface area contributed by atoms with Gasteiger partial charge >= 0.3 is 5.97 Å². The molecule has 0 spiro atoms. The number of ether oxygens (including phenoxy) is 1. The standard InChI is InChI=1S/C12H15NO5S/c1-5(14)7-10(15)13-8(12(16)17)9(19-11(7)13)6-3-2-4-18-6/h5-7,11,14H,2-4H2,1H3,(H,16,17)/t5-,6?,7+,11-/m1/s1. The fraction of sp³-hybridized carbons (Fsp3) is 0.667. The summed E-state index contributed by atoms with van der Waals surface area (Å²) in [6.07, 6.45) is 0.706. The molecule has 0 bridgehead atoms. The molecule has 3 rings (SSSR count). The number of rotatable bonds is 3. The van der Waals surface area contributed by atoms with Crippen LogP contribution in [0.3, 0.4) is 0 Å². The summed E-state index contributed by atoms with van der Waals surface area (Å²) in [5.41, 5.74) is 0.0452. The summed E-state index contributed by atoms with van der Waals surface area (Å²) in [5.74, 6) is -1.92. The Kier molecular flexibility index (Phi) is 3.07. The molecule has 3 aliphatic heterocycles. The van der Waals surface area contributed by atoms with Gasteiger partial charge in [0.25, 0.3) is 0 Å². The number of carbonyl (C=O) groups excluding carboxylic acids is 1. The normalized spacial score (nSPS) is 35.4. The van der Waals surface area contributed by atoms with Gasteiger partial charge in [0.1, 0.15) is 11.1 Å². The van der Waals surface area contributed by atoms with E-state index >= 15 is 0 Å². The first-order valence-corrected chi connectivity index (χ1v) is 7.17. The second-order valence-corrected chi connectivity index (χ2v) is 6.16. The van der Waals surface area contributed by atoms with Crippen molar-refractivity contribution in [2.24, 2.45) is 5.92 Å². The molecule has 0 aromatic rings. The molecule has 7 heteroatoms. The molecule has 2 saturated heterocycles. The zero-order chi connectivity index (χ0) is 13.7. The van der Waals surface area contributed by atoms with E-state index in [0.29, 0.717) is 11.5 Å². The van der Waals surface area contributed by atoms with Crippen LogP contribution in [0, 0.1) is 5.92 Å². The Bertz CT molecular complexity index is 469. The first-order chi connectivity index (χ1) is 9.02. The van der Waals surface area contributed by atoms with Crippen LogP contribution < -0.4 is 0 Å². The van der Waals surface area contributed by atoms with Crippen molar-refractivity contribution in [1.29, 1.82) is 0 Å². The summed E-state index contributed by atoms with van der Waals surface area (Å²) >= 11 is 1.35. The molecule has 4 atom stereocenters. The number of β-lactam (4-membered cyclic amide) rings is 1. The molecule has 0 aromatic carbocycles. The van der Waals surface area contributed by atoms with Crippen LogP contribution in [0.1, 0.15) is 19.8 Å². The maximum absolute atomic E-state index is 12.0. The van der Waals surface area contributed by atoms with Crippen LogP contribution in [0.15, 0.2) is 10.6 Å². The lowest BCUT2D eigenvalue weighted by Gasteiger charge is -2.43. The van der Waals surface area contributed by atoms with Gasteiger partial charge in [-0.15, -0.1) is 0 Å². The van der Waals surface area contributed by atoms with Crippen LogP contribution in [-0.2, 0) is 14.3 Å². The third-order valence-electron chi connectivity index (χ3n) is 3.75. The van der Waals surface area contributed by atoms with Gasteiger partial charge in [0, 0.05) is 11.5 Å². The lowest BCUT2D eigenvalue weighted by molar-refractivity contribution is -0.156. The van der Waals surface area contributed by atoms with E-state index in [4.69, 9.17) is 4.74 Å². The molecule has 0 radical (unpaired) electrons. The topological polar surface area (TPSA) is 87.1 Å². The van der Waals surface area contributed by atoms with Gasteiger partial charge in [-0.2, -0.15) is 0 Å². The molecule has 6 nitrogen and oxygen atoms in total. The number of nitrogens with zero attached hydrogens (tertiary/aromatic N) is 1. The van der Waals surface area contributed by atoms with E-state index in [1.807, 2.05) is 0 Å². The monoisotopic (exact) mass is 285 g/mol. The smallest absolute Gasteiger partial charge is 0.353 e. The largest absolute Gasteiger partial charge is 0.477 e. The van der Waals surface area contributed by atoms with Crippen LogP contribution in [0.4, 0.5) is 0 Å².